The van der Waals surface area contributed by atoms with Crippen LogP contribution in [0.3, 0.4) is 0 Å². The van der Waals surface area contributed by atoms with E-state index in [0.717, 1.165) is 12.1 Å². The van der Waals surface area contributed by atoms with Crippen LogP contribution < -0.4 is 0 Å². The Morgan fingerprint density at radius 3 is 3.05 bits per heavy atom. The Hall–Kier alpha value is -1.94. The van der Waals surface area contributed by atoms with Crippen LogP contribution in [0.15, 0.2) is 43.0 Å². The molecule has 1 aliphatic rings. The lowest BCUT2D eigenvalue weighted by molar-refractivity contribution is 0.905. The van der Waals surface area contributed by atoms with Crippen molar-refractivity contribution in [2.24, 2.45) is 0 Å². The summed E-state index contributed by atoms with van der Waals surface area (Å²) in [5.41, 5.74) is 3.37. The summed E-state index contributed by atoms with van der Waals surface area (Å²) in [6, 6.07) is 6.05. The molecule has 1 fully saturated rings. The van der Waals surface area contributed by atoms with Crippen molar-refractivity contribution in [1.29, 1.82) is 0 Å². The Bertz CT molecular complexity index is 738. The molecule has 1 saturated carbocycles. The molecule has 0 N–H and O–H groups in total. The number of nitrogens with zero attached hydrogens (tertiary/aromatic N) is 4. The maximum absolute atomic E-state index is 6.07. The van der Waals surface area contributed by atoms with Gasteiger partial charge in [-0.25, -0.2) is 9.50 Å². The van der Waals surface area contributed by atoms with Crippen LogP contribution in [-0.4, -0.2) is 19.6 Å². The molecule has 0 bridgehead atoms. The van der Waals surface area contributed by atoms with Crippen molar-refractivity contribution in [2.45, 2.75) is 18.3 Å². The Morgan fingerprint density at radius 2 is 2.21 bits per heavy atom. The van der Waals surface area contributed by atoms with E-state index in [1.54, 1.807) is 16.9 Å². The Kier molecular flexibility index (Phi) is 2.32. The molecular weight excluding hydrogens is 260 g/mol. The van der Waals surface area contributed by atoms with Crippen LogP contribution in [0.1, 0.15) is 29.4 Å². The maximum Gasteiger partial charge on any atom is 0.157 e. The first kappa shape index (κ1) is 10.9. The first-order chi connectivity index (χ1) is 9.33. The highest BCUT2D eigenvalue weighted by molar-refractivity contribution is 6.29. The molecule has 4 rings (SSSR count). The van der Waals surface area contributed by atoms with Gasteiger partial charge in [-0.1, -0.05) is 17.7 Å². The van der Waals surface area contributed by atoms with Crippen LogP contribution in [0.5, 0.6) is 0 Å². The lowest BCUT2D eigenvalue weighted by atomic mass is 10.1. The van der Waals surface area contributed by atoms with Crippen molar-refractivity contribution in [1.82, 2.24) is 19.6 Å². The van der Waals surface area contributed by atoms with Gasteiger partial charge in [-0.15, -0.1) is 0 Å². The van der Waals surface area contributed by atoms with Gasteiger partial charge in [-0.3, -0.25) is 4.98 Å². The van der Waals surface area contributed by atoms with Crippen LogP contribution in [0.2, 0.25) is 5.15 Å². The fraction of sp³-hybridized carbons (Fsp3) is 0.214. The minimum atomic E-state index is 0.467. The molecule has 0 aliphatic heterocycles. The van der Waals surface area contributed by atoms with Crippen molar-refractivity contribution < 1.29 is 0 Å². The summed E-state index contributed by atoms with van der Waals surface area (Å²) in [4.78, 5) is 8.56. The SMILES string of the molecule is Clc1cc(C2C[C@@H]2c2cccnc2)c2nccn2n1. The minimum Gasteiger partial charge on any atom is -0.264 e. The molecule has 4 nitrogen and oxygen atoms in total. The van der Waals surface area contributed by atoms with Crippen LogP contribution >= 0.6 is 11.6 Å². The lowest BCUT2D eigenvalue weighted by Crippen LogP contribution is -1.96. The fourth-order valence-corrected chi connectivity index (χ4v) is 2.88. The molecule has 1 aliphatic carbocycles. The quantitative estimate of drug-likeness (QED) is 0.719. The number of hydrogen-bond acceptors (Lipinski definition) is 3. The zero-order valence-corrected chi connectivity index (χ0v) is 10.8. The Labute approximate surface area is 115 Å². The van der Waals surface area contributed by atoms with Gasteiger partial charge in [0.2, 0.25) is 0 Å². The lowest BCUT2D eigenvalue weighted by Gasteiger charge is -2.04. The van der Waals surface area contributed by atoms with Crippen LogP contribution in [0.4, 0.5) is 0 Å². The van der Waals surface area contributed by atoms with Crippen molar-refractivity contribution >= 4 is 17.2 Å². The van der Waals surface area contributed by atoms with Crippen molar-refractivity contribution in [3.8, 4) is 0 Å². The summed E-state index contributed by atoms with van der Waals surface area (Å²) < 4.78 is 1.75. The summed E-state index contributed by atoms with van der Waals surface area (Å²) in [5, 5.41) is 4.72. The standard InChI is InChI=1S/C14H11ClN4/c15-13-7-12(14-17-4-5-19(14)18-13)11-6-10(11)9-2-1-3-16-8-9/h1-5,7-8,10-11H,6H2/t10-,11?/m1/s1. The number of aromatic nitrogens is 4. The highest BCUT2D eigenvalue weighted by Crippen LogP contribution is 2.55. The van der Waals surface area contributed by atoms with Crippen LogP contribution in [-0.2, 0) is 0 Å². The van der Waals surface area contributed by atoms with Crippen molar-refractivity contribution in [2.75, 3.05) is 0 Å². The van der Waals surface area contributed by atoms with E-state index in [-0.39, 0.29) is 0 Å². The van der Waals surface area contributed by atoms with Crippen LogP contribution in [0, 0.1) is 0 Å². The molecule has 0 aromatic carbocycles. The van der Waals surface area contributed by atoms with Gasteiger partial charge in [-0.05, 0) is 36.0 Å². The predicted molar refractivity (Wildman–Crippen MR) is 72.3 cm³/mol. The molecule has 0 radical (unpaired) electrons. The van der Waals surface area contributed by atoms with E-state index < -0.39 is 0 Å². The summed E-state index contributed by atoms with van der Waals surface area (Å²) in [5.74, 6) is 0.988. The molecule has 2 atom stereocenters. The van der Waals surface area contributed by atoms with E-state index in [2.05, 4.69) is 21.1 Å². The van der Waals surface area contributed by atoms with Gasteiger partial charge in [0, 0.05) is 30.4 Å². The highest BCUT2D eigenvalue weighted by Gasteiger charge is 2.41. The zero-order chi connectivity index (χ0) is 12.8. The van der Waals surface area contributed by atoms with Gasteiger partial charge in [0.05, 0.1) is 0 Å². The third-order valence-corrected chi connectivity index (χ3v) is 3.84. The normalized spacial score (nSPS) is 21.7. The number of fused-ring (bicyclic) bond motifs is 1. The number of pyridine rings is 1. The molecule has 1 unspecified atom stereocenters. The molecule has 94 valence electrons. The average molecular weight is 271 g/mol. The third kappa shape index (κ3) is 1.79. The monoisotopic (exact) mass is 270 g/mol. The molecule has 19 heavy (non-hydrogen) atoms. The van der Waals surface area contributed by atoms with Crippen molar-refractivity contribution in [3.63, 3.8) is 0 Å². The maximum atomic E-state index is 6.07. The fourth-order valence-electron chi connectivity index (χ4n) is 2.68. The van der Waals surface area contributed by atoms with Gasteiger partial charge >= 0.3 is 0 Å². The second kappa shape index (κ2) is 4.03. The molecule has 5 heteroatoms. The van der Waals surface area contributed by atoms with E-state index in [1.165, 1.54) is 11.1 Å². The first-order valence-corrected chi connectivity index (χ1v) is 6.60. The van der Waals surface area contributed by atoms with Crippen LogP contribution in [0.25, 0.3) is 5.65 Å². The molecule has 3 aromatic heterocycles. The minimum absolute atomic E-state index is 0.467. The summed E-state index contributed by atoms with van der Waals surface area (Å²) in [6.07, 6.45) is 8.44. The number of hydrogen-bond donors (Lipinski definition) is 0. The highest BCUT2D eigenvalue weighted by atomic mass is 35.5. The van der Waals surface area contributed by atoms with E-state index in [0.29, 0.717) is 17.0 Å². The van der Waals surface area contributed by atoms with E-state index >= 15 is 0 Å². The molecule has 3 heterocycles. The zero-order valence-electron chi connectivity index (χ0n) is 10.1. The van der Waals surface area contributed by atoms with E-state index in [9.17, 15) is 0 Å². The summed E-state index contributed by atoms with van der Waals surface area (Å²) in [7, 11) is 0. The number of imidazole rings is 1. The predicted octanol–water partition coefficient (Wildman–Crippen LogP) is 3.05. The Morgan fingerprint density at radius 1 is 1.26 bits per heavy atom. The third-order valence-electron chi connectivity index (χ3n) is 3.66. The van der Waals surface area contributed by atoms with Gasteiger partial charge in [0.1, 0.15) is 5.15 Å². The topological polar surface area (TPSA) is 43.1 Å². The van der Waals surface area contributed by atoms with Crippen molar-refractivity contribution in [3.05, 3.63) is 59.3 Å². The molecule has 0 spiro atoms. The van der Waals surface area contributed by atoms with Gasteiger partial charge in [0.25, 0.3) is 0 Å². The van der Waals surface area contributed by atoms with E-state index in [1.807, 2.05) is 24.5 Å². The molecule has 3 aromatic rings. The molecule has 0 saturated heterocycles. The summed E-state index contributed by atoms with van der Waals surface area (Å²) >= 11 is 6.07. The van der Waals surface area contributed by atoms with Gasteiger partial charge in [0.15, 0.2) is 5.65 Å². The van der Waals surface area contributed by atoms with Gasteiger partial charge < -0.3 is 0 Å². The Balaban J connectivity index is 1.75. The summed E-state index contributed by atoms with van der Waals surface area (Å²) in [6.45, 7) is 0. The molecule has 0 amide bonds. The average Bonchev–Trinajstić information content (AvgIpc) is 3.10. The number of halogens is 1. The van der Waals surface area contributed by atoms with E-state index in [4.69, 9.17) is 11.6 Å². The smallest absolute Gasteiger partial charge is 0.157 e. The number of rotatable bonds is 2. The first-order valence-electron chi connectivity index (χ1n) is 6.22. The second-order valence-electron chi connectivity index (χ2n) is 4.85. The largest absolute Gasteiger partial charge is 0.264 e. The molecular formula is C14H11ClN4. The van der Waals surface area contributed by atoms with Gasteiger partial charge in [-0.2, -0.15) is 5.10 Å². The second-order valence-corrected chi connectivity index (χ2v) is 5.24.